The van der Waals surface area contributed by atoms with Crippen LogP contribution in [0.25, 0.3) is 5.57 Å². The number of hydrogen-bond acceptors (Lipinski definition) is 3. The highest BCUT2D eigenvalue weighted by Crippen LogP contribution is 2.36. The number of halogens is 1. The molecule has 0 atom stereocenters. The maximum atomic E-state index is 13.8. The Labute approximate surface area is 216 Å². The smallest absolute Gasteiger partial charge is 0.258 e. The first-order valence-corrected chi connectivity index (χ1v) is 12.2. The summed E-state index contributed by atoms with van der Waals surface area (Å²) in [6.07, 6.45) is 0. The first-order chi connectivity index (χ1) is 18.0. The topological polar surface area (TPSA) is 38.8 Å². The first-order valence-electron chi connectivity index (χ1n) is 12.2. The lowest BCUT2D eigenvalue weighted by Crippen LogP contribution is -2.26. The molecule has 1 amide bonds. The maximum Gasteiger partial charge on any atom is 0.258 e. The van der Waals surface area contributed by atoms with Gasteiger partial charge in [0, 0.05) is 24.7 Å². The standard InChI is InChI=1S/C32H28FNO3/c1-22(2)28-16-29(32(35)34-18-25-13-14-27(33)15-26(25)19-34)31(37-21-24-11-7-4-8-12-24)17-30(28)36-20-23-9-5-3-6-10-23/h3-17H,1,18-21H2,2H3. The maximum absolute atomic E-state index is 13.8. The van der Waals surface area contributed by atoms with Crippen molar-refractivity contribution in [3.05, 3.63) is 137 Å². The number of nitrogens with zero attached hydrogens (tertiary/aromatic N) is 1. The summed E-state index contributed by atoms with van der Waals surface area (Å²) in [4.78, 5) is 15.5. The van der Waals surface area contributed by atoms with Crippen LogP contribution >= 0.6 is 0 Å². The van der Waals surface area contributed by atoms with Crippen molar-refractivity contribution in [3.63, 3.8) is 0 Å². The summed E-state index contributed by atoms with van der Waals surface area (Å²) in [7, 11) is 0. The summed E-state index contributed by atoms with van der Waals surface area (Å²) in [5.41, 5.74) is 5.74. The summed E-state index contributed by atoms with van der Waals surface area (Å²) >= 11 is 0. The van der Waals surface area contributed by atoms with Gasteiger partial charge in [-0.1, -0.05) is 73.3 Å². The van der Waals surface area contributed by atoms with E-state index in [1.54, 1.807) is 23.1 Å². The number of amides is 1. The zero-order valence-electron chi connectivity index (χ0n) is 20.7. The molecule has 4 nitrogen and oxygen atoms in total. The second-order valence-electron chi connectivity index (χ2n) is 9.25. The van der Waals surface area contributed by atoms with Gasteiger partial charge < -0.3 is 14.4 Å². The molecule has 1 heterocycles. The molecule has 0 N–H and O–H groups in total. The minimum atomic E-state index is -0.301. The zero-order valence-corrected chi connectivity index (χ0v) is 20.7. The van der Waals surface area contributed by atoms with Crippen LogP contribution in [0.2, 0.25) is 0 Å². The average Bonchev–Trinajstić information content (AvgIpc) is 3.34. The summed E-state index contributed by atoms with van der Waals surface area (Å²) in [6.45, 7) is 7.44. The van der Waals surface area contributed by atoms with Gasteiger partial charge in [-0.25, -0.2) is 4.39 Å². The van der Waals surface area contributed by atoms with Crippen molar-refractivity contribution in [2.24, 2.45) is 0 Å². The Hall–Kier alpha value is -4.38. The molecule has 0 radical (unpaired) electrons. The Balaban J connectivity index is 1.48. The Morgan fingerprint density at radius 1 is 0.784 bits per heavy atom. The van der Waals surface area contributed by atoms with Gasteiger partial charge in [0.25, 0.3) is 5.91 Å². The number of hydrogen-bond donors (Lipinski definition) is 0. The average molecular weight is 494 g/mol. The summed E-state index contributed by atoms with van der Waals surface area (Å²) in [6, 6.07) is 27.9. The van der Waals surface area contributed by atoms with Gasteiger partial charge in [-0.05, 0) is 52.9 Å². The van der Waals surface area contributed by atoms with Crippen LogP contribution in [0.5, 0.6) is 11.5 Å². The Morgan fingerprint density at radius 3 is 1.95 bits per heavy atom. The number of fused-ring (bicyclic) bond motifs is 1. The summed E-state index contributed by atoms with van der Waals surface area (Å²) < 4.78 is 26.2. The van der Waals surface area contributed by atoms with E-state index in [0.29, 0.717) is 43.4 Å². The largest absolute Gasteiger partial charge is 0.488 e. The molecule has 0 saturated carbocycles. The van der Waals surface area contributed by atoms with E-state index in [9.17, 15) is 9.18 Å². The van der Waals surface area contributed by atoms with Crippen LogP contribution in [0.1, 0.15) is 45.1 Å². The number of benzene rings is 4. The zero-order chi connectivity index (χ0) is 25.8. The van der Waals surface area contributed by atoms with Crippen molar-refractivity contribution in [3.8, 4) is 11.5 Å². The lowest BCUT2D eigenvalue weighted by Gasteiger charge is -2.21. The van der Waals surface area contributed by atoms with E-state index in [2.05, 4.69) is 6.58 Å². The van der Waals surface area contributed by atoms with Crippen LogP contribution < -0.4 is 9.47 Å². The van der Waals surface area contributed by atoms with E-state index in [0.717, 1.165) is 33.4 Å². The van der Waals surface area contributed by atoms with Crippen molar-refractivity contribution in [2.75, 3.05) is 0 Å². The van der Waals surface area contributed by atoms with Crippen LogP contribution in [0.15, 0.2) is 97.6 Å². The minimum absolute atomic E-state index is 0.184. The third-order valence-corrected chi connectivity index (χ3v) is 6.42. The molecular formula is C32H28FNO3. The van der Waals surface area contributed by atoms with Gasteiger partial charge in [0.15, 0.2) is 0 Å². The Kier molecular flexibility index (Phi) is 7.04. The van der Waals surface area contributed by atoms with Gasteiger partial charge in [0.1, 0.15) is 30.5 Å². The van der Waals surface area contributed by atoms with Crippen molar-refractivity contribution in [1.29, 1.82) is 0 Å². The highest BCUT2D eigenvalue weighted by Gasteiger charge is 2.28. The van der Waals surface area contributed by atoms with Crippen LogP contribution in [0, 0.1) is 5.82 Å². The molecule has 186 valence electrons. The minimum Gasteiger partial charge on any atom is -0.488 e. The van der Waals surface area contributed by atoms with E-state index in [1.165, 1.54) is 12.1 Å². The second-order valence-corrected chi connectivity index (χ2v) is 9.25. The van der Waals surface area contributed by atoms with Crippen LogP contribution in [-0.4, -0.2) is 10.8 Å². The highest BCUT2D eigenvalue weighted by atomic mass is 19.1. The molecule has 4 aromatic carbocycles. The monoisotopic (exact) mass is 493 g/mol. The lowest BCUT2D eigenvalue weighted by molar-refractivity contribution is 0.0746. The molecule has 0 spiro atoms. The van der Waals surface area contributed by atoms with Gasteiger partial charge >= 0.3 is 0 Å². The second kappa shape index (κ2) is 10.7. The molecule has 4 aromatic rings. The summed E-state index contributed by atoms with van der Waals surface area (Å²) in [5.74, 6) is 0.549. The van der Waals surface area contributed by atoms with Gasteiger partial charge in [-0.2, -0.15) is 0 Å². The third kappa shape index (κ3) is 5.56. The predicted molar refractivity (Wildman–Crippen MR) is 143 cm³/mol. The Morgan fingerprint density at radius 2 is 1.35 bits per heavy atom. The van der Waals surface area contributed by atoms with Gasteiger partial charge in [-0.3, -0.25) is 4.79 Å². The van der Waals surface area contributed by atoms with E-state index in [-0.39, 0.29) is 11.7 Å². The molecule has 1 aliphatic heterocycles. The van der Waals surface area contributed by atoms with Crippen molar-refractivity contribution in [1.82, 2.24) is 4.90 Å². The van der Waals surface area contributed by atoms with Crippen molar-refractivity contribution in [2.45, 2.75) is 33.2 Å². The van der Waals surface area contributed by atoms with E-state index < -0.39 is 0 Å². The molecule has 37 heavy (non-hydrogen) atoms. The number of allylic oxidation sites excluding steroid dienone is 1. The number of ether oxygens (including phenoxy) is 2. The molecule has 5 heteroatoms. The third-order valence-electron chi connectivity index (χ3n) is 6.42. The molecule has 0 unspecified atom stereocenters. The first kappa shape index (κ1) is 24.3. The number of rotatable bonds is 8. The fourth-order valence-electron chi connectivity index (χ4n) is 4.45. The quantitative estimate of drug-likeness (QED) is 0.261. The summed E-state index contributed by atoms with van der Waals surface area (Å²) in [5, 5.41) is 0. The van der Waals surface area contributed by atoms with E-state index >= 15 is 0 Å². The number of carbonyl (C=O) groups is 1. The highest BCUT2D eigenvalue weighted by molar-refractivity contribution is 5.98. The molecular weight excluding hydrogens is 465 g/mol. The lowest BCUT2D eigenvalue weighted by atomic mass is 10.0. The molecule has 5 rings (SSSR count). The van der Waals surface area contributed by atoms with Gasteiger partial charge in [-0.15, -0.1) is 0 Å². The number of carbonyl (C=O) groups excluding carboxylic acids is 1. The molecule has 0 fully saturated rings. The SMILES string of the molecule is C=C(C)c1cc(C(=O)N2Cc3ccc(F)cc3C2)c(OCc2ccccc2)cc1OCc1ccccc1. The molecule has 0 aliphatic carbocycles. The molecule has 1 aliphatic rings. The van der Waals surface area contributed by atoms with Crippen molar-refractivity contribution < 1.29 is 18.7 Å². The van der Waals surface area contributed by atoms with Crippen LogP contribution in [-0.2, 0) is 26.3 Å². The van der Waals surface area contributed by atoms with Crippen molar-refractivity contribution >= 4 is 11.5 Å². The fourth-order valence-corrected chi connectivity index (χ4v) is 4.45. The predicted octanol–water partition coefficient (Wildman–Crippen LogP) is 7.17. The normalized spacial score (nSPS) is 12.2. The molecule has 0 bridgehead atoms. The van der Waals surface area contributed by atoms with Gasteiger partial charge in [0.2, 0.25) is 0 Å². The van der Waals surface area contributed by atoms with Gasteiger partial charge in [0.05, 0.1) is 5.56 Å². The van der Waals surface area contributed by atoms with E-state index in [1.807, 2.05) is 67.6 Å². The van der Waals surface area contributed by atoms with Crippen LogP contribution in [0.4, 0.5) is 4.39 Å². The Bertz CT molecular complexity index is 1430. The molecule has 0 saturated heterocycles. The fraction of sp³-hybridized carbons (Fsp3) is 0.156. The van der Waals surface area contributed by atoms with E-state index in [4.69, 9.17) is 9.47 Å². The molecule has 0 aromatic heterocycles. The van der Waals surface area contributed by atoms with Crippen LogP contribution in [0.3, 0.4) is 0 Å².